The first kappa shape index (κ1) is 13.8. The number of nitrogens with one attached hydrogen (secondary N) is 1. The van der Waals surface area contributed by atoms with Gasteiger partial charge in [-0.2, -0.15) is 0 Å². The molecule has 1 fully saturated rings. The third-order valence-electron chi connectivity index (χ3n) is 3.18. The summed E-state index contributed by atoms with van der Waals surface area (Å²) >= 11 is 0. The molecule has 0 aliphatic carbocycles. The van der Waals surface area contributed by atoms with Crippen molar-refractivity contribution >= 4 is 5.84 Å². The van der Waals surface area contributed by atoms with Gasteiger partial charge in [-0.05, 0) is 31.0 Å². The van der Waals surface area contributed by atoms with Crippen molar-refractivity contribution in [2.45, 2.75) is 25.6 Å². The summed E-state index contributed by atoms with van der Waals surface area (Å²) in [5.41, 5.74) is 7.06. The minimum Gasteiger partial charge on any atom is -0.496 e. The molecule has 0 amide bonds. The zero-order valence-electron chi connectivity index (χ0n) is 11.1. The Labute approximate surface area is 113 Å². The van der Waals surface area contributed by atoms with Gasteiger partial charge in [0.25, 0.3) is 0 Å². The molecule has 19 heavy (non-hydrogen) atoms. The number of hydrogen-bond acceptors (Lipinski definition) is 4. The van der Waals surface area contributed by atoms with Crippen molar-refractivity contribution in [2.75, 3.05) is 20.3 Å². The van der Waals surface area contributed by atoms with E-state index in [9.17, 15) is 0 Å². The van der Waals surface area contributed by atoms with Crippen molar-refractivity contribution in [2.24, 2.45) is 5.73 Å². The van der Waals surface area contributed by atoms with Crippen molar-refractivity contribution in [3.05, 3.63) is 29.3 Å². The monoisotopic (exact) mass is 264 g/mol. The van der Waals surface area contributed by atoms with Crippen LogP contribution in [0, 0.1) is 5.41 Å². The topological polar surface area (TPSA) is 77.6 Å². The second-order valence-electron chi connectivity index (χ2n) is 4.59. The van der Waals surface area contributed by atoms with Crippen molar-refractivity contribution in [1.82, 2.24) is 0 Å². The lowest BCUT2D eigenvalue weighted by atomic mass is 10.1. The lowest BCUT2D eigenvalue weighted by Crippen LogP contribution is -2.15. The van der Waals surface area contributed by atoms with Gasteiger partial charge in [0, 0.05) is 17.7 Å². The zero-order valence-corrected chi connectivity index (χ0v) is 11.1. The van der Waals surface area contributed by atoms with Gasteiger partial charge in [-0.15, -0.1) is 0 Å². The normalized spacial score (nSPS) is 18.5. The Bertz CT molecular complexity index is 442. The summed E-state index contributed by atoms with van der Waals surface area (Å²) in [6, 6.07) is 5.41. The molecule has 2 rings (SSSR count). The first-order chi connectivity index (χ1) is 9.20. The lowest BCUT2D eigenvalue weighted by molar-refractivity contribution is 0.0101. The lowest BCUT2D eigenvalue weighted by Gasteiger charge is -2.13. The molecule has 1 aromatic rings. The number of nitrogen functional groups attached to an aromatic ring is 1. The van der Waals surface area contributed by atoms with Crippen molar-refractivity contribution in [3.63, 3.8) is 0 Å². The highest BCUT2D eigenvalue weighted by Gasteiger charge is 2.15. The number of nitrogens with two attached hydrogens (primary N) is 1. The van der Waals surface area contributed by atoms with E-state index in [1.807, 2.05) is 12.1 Å². The largest absolute Gasteiger partial charge is 0.496 e. The quantitative estimate of drug-likeness (QED) is 0.605. The van der Waals surface area contributed by atoms with Crippen LogP contribution in [0.2, 0.25) is 0 Å². The number of amidine groups is 1. The van der Waals surface area contributed by atoms with E-state index in [2.05, 4.69) is 0 Å². The van der Waals surface area contributed by atoms with Crippen LogP contribution in [0.1, 0.15) is 24.0 Å². The molecule has 1 aliphatic heterocycles. The van der Waals surface area contributed by atoms with Crippen LogP contribution in [0.3, 0.4) is 0 Å². The molecule has 5 heteroatoms. The third kappa shape index (κ3) is 3.68. The van der Waals surface area contributed by atoms with Gasteiger partial charge in [-0.3, -0.25) is 5.41 Å². The fourth-order valence-corrected chi connectivity index (χ4v) is 2.14. The highest BCUT2D eigenvalue weighted by Crippen LogP contribution is 2.21. The van der Waals surface area contributed by atoms with Gasteiger partial charge in [0.1, 0.15) is 11.6 Å². The number of methoxy groups -OCH3 is 1. The Kier molecular flexibility index (Phi) is 4.76. The molecule has 0 saturated carbocycles. The third-order valence-corrected chi connectivity index (χ3v) is 3.18. The van der Waals surface area contributed by atoms with E-state index in [1.165, 1.54) is 0 Å². The molecular formula is C14H20N2O3. The molecule has 104 valence electrons. The Hall–Kier alpha value is -1.59. The molecule has 3 N–H and O–H groups in total. The van der Waals surface area contributed by atoms with E-state index in [0.717, 1.165) is 30.8 Å². The van der Waals surface area contributed by atoms with E-state index in [4.69, 9.17) is 25.4 Å². The molecule has 1 aromatic carbocycles. The number of benzene rings is 1. The summed E-state index contributed by atoms with van der Waals surface area (Å²) in [4.78, 5) is 0. The van der Waals surface area contributed by atoms with E-state index < -0.39 is 0 Å². The number of rotatable bonds is 6. The predicted molar refractivity (Wildman–Crippen MR) is 72.6 cm³/mol. The highest BCUT2D eigenvalue weighted by molar-refractivity contribution is 5.95. The molecule has 0 aromatic heterocycles. The first-order valence-corrected chi connectivity index (χ1v) is 6.41. The fourth-order valence-electron chi connectivity index (χ4n) is 2.14. The maximum Gasteiger partial charge on any atom is 0.124 e. The molecule has 1 saturated heterocycles. The molecule has 0 radical (unpaired) electrons. The minimum atomic E-state index is 0.0445. The summed E-state index contributed by atoms with van der Waals surface area (Å²) in [7, 11) is 1.62. The summed E-state index contributed by atoms with van der Waals surface area (Å²) in [5, 5.41) is 7.45. The summed E-state index contributed by atoms with van der Waals surface area (Å²) in [6.45, 7) is 1.86. The van der Waals surface area contributed by atoms with Crippen molar-refractivity contribution in [1.29, 1.82) is 5.41 Å². The van der Waals surface area contributed by atoms with Crippen LogP contribution in [0.4, 0.5) is 0 Å². The maximum absolute atomic E-state index is 7.45. The Morgan fingerprint density at radius 1 is 1.53 bits per heavy atom. The van der Waals surface area contributed by atoms with Gasteiger partial charge < -0.3 is 19.9 Å². The fraction of sp³-hybridized carbons (Fsp3) is 0.500. The molecule has 1 unspecified atom stereocenters. The van der Waals surface area contributed by atoms with Crippen molar-refractivity contribution in [3.8, 4) is 5.75 Å². The summed E-state index contributed by atoms with van der Waals surface area (Å²) in [5.74, 6) is 0.792. The van der Waals surface area contributed by atoms with Gasteiger partial charge in [-0.25, -0.2) is 0 Å². The van der Waals surface area contributed by atoms with Crippen LogP contribution < -0.4 is 10.5 Å². The molecule has 5 nitrogen and oxygen atoms in total. The number of hydrogen-bond donors (Lipinski definition) is 2. The van der Waals surface area contributed by atoms with Crippen molar-refractivity contribution < 1.29 is 14.2 Å². The van der Waals surface area contributed by atoms with Gasteiger partial charge in [0.15, 0.2) is 0 Å². The van der Waals surface area contributed by atoms with Crippen LogP contribution in [-0.4, -0.2) is 32.3 Å². The van der Waals surface area contributed by atoms with E-state index >= 15 is 0 Å². The van der Waals surface area contributed by atoms with Crippen LogP contribution in [0.25, 0.3) is 0 Å². The van der Waals surface area contributed by atoms with Crippen LogP contribution in [0.5, 0.6) is 5.75 Å². The second kappa shape index (κ2) is 6.54. The SMILES string of the molecule is COc1ccc(C(=N)N)cc1COCC1CCCO1. The Balaban J connectivity index is 1.96. The minimum absolute atomic E-state index is 0.0445. The molecule has 1 heterocycles. The van der Waals surface area contributed by atoms with Gasteiger partial charge in [0.2, 0.25) is 0 Å². The second-order valence-corrected chi connectivity index (χ2v) is 4.59. The highest BCUT2D eigenvalue weighted by atomic mass is 16.5. The molecule has 1 aliphatic rings. The summed E-state index contributed by atoms with van der Waals surface area (Å²) < 4.78 is 16.4. The molecular weight excluding hydrogens is 244 g/mol. The van der Waals surface area contributed by atoms with E-state index in [1.54, 1.807) is 13.2 Å². The van der Waals surface area contributed by atoms with Crippen LogP contribution in [-0.2, 0) is 16.1 Å². The first-order valence-electron chi connectivity index (χ1n) is 6.41. The Morgan fingerprint density at radius 2 is 2.37 bits per heavy atom. The van der Waals surface area contributed by atoms with Crippen LogP contribution in [0.15, 0.2) is 18.2 Å². The van der Waals surface area contributed by atoms with E-state index in [-0.39, 0.29) is 11.9 Å². The predicted octanol–water partition coefficient (Wildman–Crippen LogP) is 1.67. The Morgan fingerprint density at radius 3 is 3.00 bits per heavy atom. The maximum atomic E-state index is 7.45. The zero-order chi connectivity index (χ0) is 13.7. The van der Waals surface area contributed by atoms with Gasteiger partial charge in [-0.1, -0.05) is 0 Å². The van der Waals surface area contributed by atoms with Gasteiger partial charge in [0.05, 0.1) is 26.4 Å². The molecule has 0 bridgehead atoms. The molecule has 0 spiro atoms. The average molecular weight is 264 g/mol. The van der Waals surface area contributed by atoms with E-state index in [0.29, 0.717) is 18.8 Å². The standard InChI is InChI=1S/C14H20N2O3/c1-17-13-5-4-10(14(15)16)7-11(13)8-18-9-12-3-2-6-19-12/h4-5,7,12H,2-3,6,8-9H2,1H3,(H3,15,16). The van der Waals surface area contributed by atoms with Gasteiger partial charge >= 0.3 is 0 Å². The average Bonchev–Trinajstić information content (AvgIpc) is 2.91. The summed E-state index contributed by atoms with van der Waals surface area (Å²) in [6.07, 6.45) is 2.38. The smallest absolute Gasteiger partial charge is 0.124 e. The molecule has 1 atom stereocenters. The van der Waals surface area contributed by atoms with Crippen LogP contribution >= 0.6 is 0 Å². The number of ether oxygens (including phenoxy) is 3.